The second-order valence-electron chi connectivity index (χ2n) is 6.30. The van der Waals surface area contributed by atoms with Gasteiger partial charge in [-0.25, -0.2) is 4.79 Å². The second kappa shape index (κ2) is 8.12. The lowest BCUT2D eigenvalue weighted by atomic mass is 10.1. The van der Waals surface area contributed by atoms with Crippen LogP contribution in [0.25, 0.3) is 6.08 Å². The number of carbonyl (C=O) groups excluding carboxylic acids is 2. The van der Waals surface area contributed by atoms with E-state index in [0.29, 0.717) is 30.3 Å². The Morgan fingerprint density at radius 3 is 2.59 bits per heavy atom. The molecule has 6 heteroatoms. The van der Waals surface area contributed by atoms with Gasteiger partial charge < -0.3 is 18.8 Å². The number of hydrogen-bond donors (Lipinski definition) is 0. The molecule has 2 heterocycles. The van der Waals surface area contributed by atoms with Crippen molar-refractivity contribution in [1.82, 2.24) is 4.57 Å². The standard InChI is InChI=1S/C21H23NO5/c1-4-22-14(2)11-17(15(22)3)18(23)13-27-21(24)8-6-16-5-7-19-20(12-16)26-10-9-25-19/h5-8,11-12H,4,9-10,13H2,1-3H3/b8-6+. The zero-order chi connectivity index (χ0) is 19.4. The first-order chi connectivity index (χ1) is 13.0. The predicted molar refractivity (Wildman–Crippen MR) is 101 cm³/mol. The van der Waals surface area contributed by atoms with E-state index >= 15 is 0 Å². The highest BCUT2D eigenvalue weighted by molar-refractivity contribution is 6.00. The average molecular weight is 369 g/mol. The van der Waals surface area contributed by atoms with Gasteiger partial charge in [-0.1, -0.05) is 6.07 Å². The monoisotopic (exact) mass is 369 g/mol. The van der Waals surface area contributed by atoms with Crippen molar-refractivity contribution in [3.8, 4) is 11.5 Å². The largest absolute Gasteiger partial charge is 0.486 e. The van der Waals surface area contributed by atoms with Crippen LogP contribution in [0.5, 0.6) is 11.5 Å². The number of aromatic nitrogens is 1. The fourth-order valence-corrected chi connectivity index (χ4v) is 3.16. The summed E-state index contributed by atoms with van der Waals surface area (Å²) in [7, 11) is 0. The van der Waals surface area contributed by atoms with Gasteiger partial charge >= 0.3 is 5.97 Å². The van der Waals surface area contributed by atoms with Crippen LogP contribution in [0.4, 0.5) is 0 Å². The van der Waals surface area contributed by atoms with E-state index in [9.17, 15) is 9.59 Å². The zero-order valence-corrected chi connectivity index (χ0v) is 15.8. The molecule has 1 aliphatic heterocycles. The molecule has 0 bridgehead atoms. The lowest BCUT2D eigenvalue weighted by molar-refractivity contribution is -0.136. The van der Waals surface area contributed by atoms with Gasteiger partial charge in [0.15, 0.2) is 18.1 Å². The summed E-state index contributed by atoms with van der Waals surface area (Å²) < 4.78 is 18.1. The van der Waals surface area contributed by atoms with E-state index in [1.807, 2.05) is 32.9 Å². The maximum atomic E-state index is 12.3. The van der Waals surface area contributed by atoms with Crippen molar-refractivity contribution < 1.29 is 23.8 Å². The van der Waals surface area contributed by atoms with Gasteiger partial charge in [-0.2, -0.15) is 0 Å². The Morgan fingerprint density at radius 2 is 1.89 bits per heavy atom. The normalized spacial score (nSPS) is 13.0. The van der Waals surface area contributed by atoms with Crippen molar-refractivity contribution in [3.63, 3.8) is 0 Å². The molecule has 6 nitrogen and oxygen atoms in total. The molecule has 1 aromatic heterocycles. The van der Waals surface area contributed by atoms with Crippen molar-refractivity contribution in [2.45, 2.75) is 27.3 Å². The SMILES string of the molecule is CCn1c(C)cc(C(=O)COC(=O)/C=C/c2ccc3c(c2)OCCO3)c1C. The van der Waals surface area contributed by atoms with Gasteiger partial charge in [-0.15, -0.1) is 0 Å². The fourth-order valence-electron chi connectivity index (χ4n) is 3.16. The number of benzene rings is 1. The van der Waals surface area contributed by atoms with Gasteiger partial charge in [0.25, 0.3) is 0 Å². The Morgan fingerprint density at radius 1 is 1.15 bits per heavy atom. The van der Waals surface area contributed by atoms with Crippen molar-refractivity contribution in [1.29, 1.82) is 0 Å². The first kappa shape index (κ1) is 18.8. The highest BCUT2D eigenvalue weighted by Crippen LogP contribution is 2.31. The average Bonchev–Trinajstić information content (AvgIpc) is 2.97. The molecule has 142 valence electrons. The highest BCUT2D eigenvalue weighted by Gasteiger charge is 2.16. The number of nitrogens with zero attached hydrogens (tertiary/aromatic N) is 1. The third kappa shape index (κ3) is 4.22. The summed E-state index contributed by atoms with van der Waals surface area (Å²) in [4.78, 5) is 24.3. The van der Waals surface area contributed by atoms with E-state index in [1.54, 1.807) is 18.2 Å². The van der Waals surface area contributed by atoms with E-state index in [0.717, 1.165) is 23.5 Å². The highest BCUT2D eigenvalue weighted by atomic mass is 16.6. The molecule has 0 atom stereocenters. The van der Waals surface area contributed by atoms with Gasteiger partial charge in [-0.05, 0) is 50.6 Å². The molecule has 0 amide bonds. The van der Waals surface area contributed by atoms with Gasteiger partial charge in [0.1, 0.15) is 13.2 Å². The molecule has 0 radical (unpaired) electrons. The third-order valence-corrected chi connectivity index (χ3v) is 4.51. The quantitative estimate of drug-likeness (QED) is 0.444. The van der Waals surface area contributed by atoms with Crippen LogP contribution in [0, 0.1) is 13.8 Å². The molecule has 0 N–H and O–H groups in total. The summed E-state index contributed by atoms with van der Waals surface area (Å²) in [6.07, 6.45) is 2.92. The molecule has 3 rings (SSSR count). The summed E-state index contributed by atoms with van der Waals surface area (Å²) in [5, 5.41) is 0. The summed E-state index contributed by atoms with van der Waals surface area (Å²) in [6, 6.07) is 7.25. The maximum absolute atomic E-state index is 12.3. The summed E-state index contributed by atoms with van der Waals surface area (Å²) in [5.74, 6) is 0.570. The van der Waals surface area contributed by atoms with Gasteiger partial charge in [0.05, 0.1) is 0 Å². The number of carbonyl (C=O) groups is 2. The topological polar surface area (TPSA) is 66.8 Å². The number of rotatable bonds is 6. The van der Waals surface area contributed by atoms with E-state index in [2.05, 4.69) is 4.57 Å². The maximum Gasteiger partial charge on any atom is 0.331 e. The van der Waals surface area contributed by atoms with E-state index in [4.69, 9.17) is 14.2 Å². The van der Waals surface area contributed by atoms with Crippen LogP contribution in [0.1, 0.15) is 34.2 Å². The van der Waals surface area contributed by atoms with Crippen LogP contribution in [0.3, 0.4) is 0 Å². The molecule has 27 heavy (non-hydrogen) atoms. The Hall–Kier alpha value is -3.02. The molecule has 0 fully saturated rings. The molecular formula is C21H23NO5. The predicted octanol–water partition coefficient (Wildman–Crippen LogP) is 3.34. The zero-order valence-electron chi connectivity index (χ0n) is 15.8. The molecular weight excluding hydrogens is 346 g/mol. The van der Waals surface area contributed by atoms with Gasteiger partial charge in [-0.3, -0.25) is 4.79 Å². The smallest absolute Gasteiger partial charge is 0.331 e. The molecule has 0 aliphatic carbocycles. The van der Waals surface area contributed by atoms with Crippen molar-refractivity contribution >= 4 is 17.8 Å². The van der Waals surface area contributed by atoms with E-state index < -0.39 is 5.97 Å². The minimum Gasteiger partial charge on any atom is -0.486 e. The lowest BCUT2D eigenvalue weighted by Gasteiger charge is -2.18. The molecule has 0 unspecified atom stereocenters. The number of hydrogen-bond acceptors (Lipinski definition) is 5. The Labute approximate surface area is 158 Å². The molecule has 0 saturated carbocycles. The lowest BCUT2D eigenvalue weighted by Crippen LogP contribution is -2.15. The van der Waals surface area contributed by atoms with E-state index in [1.165, 1.54) is 6.08 Å². The molecule has 0 spiro atoms. The Kier molecular flexibility index (Phi) is 5.64. The number of ketones is 1. The van der Waals surface area contributed by atoms with Gasteiger partial charge in [0, 0.05) is 29.6 Å². The first-order valence-corrected chi connectivity index (χ1v) is 8.94. The molecule has 0 saturated heterocycles. The summed E-state index contributed by atoms with van der Waals surface area (Å²) >= 11 is 0. The number of ether oxygens (including phenoxy) is 3. The third-order valence-electron chi connectivity index (χ3n) is 4.51. The van der Waals surface area contributed by atoms with Crippen LogP contribution in [0.2, 0.25) is 0 Å². The fraction of sp³-hybridized carbons (Fsp3) is 0.333. The van der Waals surface area contributed by atoms with Crippen molar-refractivity contribution in [2.75, 3.05) is 19.8 Å². The minimum absolute atomic E-state index is 0.205. The van der Waals surface area contributed by atoms with Crippen LogP contribution >= 0.6 is 0 Å². The molecule has 2 aromatic rings. The van der Waals surface area contributed by atoms with E-state index in [-0.39, 0.29) is 12.4 Å². The summed E-state index contributed by atoms with van der Waals surface area (Å²) in [6.45, 7) is 7.42. The Bertz CT molecular complexity index is 894. The van der Waals surface area contributed by atoms with Crippen LogP contribution in [0.15, 0.2) is 30.3 Å². The van der Waals surface area contributed by atoms with Crippen LogP contribution in [-0.2, 0) is 16.1 Å². The van der Waals surface area contributed by atoms with Crippen LogP contribution in [-0.4, -0.2) is 36.1 Å². The molecule has 1 aromatic carbocycles. The van der Waals surface area contributed by atoms with Crippen molar-refractivity contribution in [3.05, 3.63) is 52.9 Å². The minimum atomic E-state index is -0.567. The second-order valence-corrected chi connectivity index (χ2v) is 6.30. The number of Topliss-reactive ketones (excluding diaryl/α,β-unsaturated/α-hetero) is 1. The number of aryl methyl sites for hydroxylation is 1. The molecule has 1 aliphatic rings. The van der Waals surface area contributed by atoms with Crippen molar-refractivity contribution in [2.24, 2.45) is 0 Å². The Balaban J connectivity index is 1.58. The van der Waals surface area contributed by atoms with Gasteiger partial charge in [0.2, 0.25) is 5.78 Å². The van der Waals surface area contributed by atoms with Crippen LogP contribution < -0.4 is 9.47 Å². The number of fused-ring (bicyclic) bond motifs is 1. The summed E-state index contributed by atoms with van der Waals surface area (Å²) in [5.41, 5.74) is 3.29. The first-order valence-electron chi connectivity index (χ1n) is 8.94. The number of esters is 1.